The highest BCUT2D eigenvalue weighted by molar-refractivity contribution is 6.31. The fraction of sp³-hybridized carbons (Fsp3) is 0.190. The smallest absolute Gasteiger partial charge is 0.356 e. The lowest BCUT2D eigenvalue weighted by Gasteiger charge is -2.13. The van der Waals surface area contributed by atoms with Gasteiger partial charge in [0.1, 0.15) is 11.5 Å². The molecular formula is C21H19ClN2O5. The van der Waals surface area contributed by atoms with Gasteiger partial charge in [-0.3, -0.25) is 4.79 Å². The maximum Gasteiger partial charge on any atom is 0.356 e. The van der Waals surface area contributed by atoms with E-state index in [1.54, 1.807) is 37.4 Å². The Bertz CT molecular complexity index is 1080. The van der Waals surface area contributed by atoms with Crippen molar-refractivity contribution in [2.75, 3.05) is 26.1 Å². The van der Waals surface area contributed by atoms with Crippen LogP contribution in [0.1, 0.15) is 16.1 Å². The summed E-state index contributed by atoms with van der Waals surface area (Å²) in [6, 6.07) is 11.8. The molecule has 1 N–H and O–H groups in total. The fourth-order valence-corrected chi connectivity index (χ4v) is 2.86. The van der Waals surface area contributed by atoms with E-state index >= 15 is 0 Å². The molecule has 0 aliphatic carbocycles. The van der Waals surface area contributed by atoms with Crippen LogP contribution >= 0.6 is 11.6 Å². The maximum absolute atomic E-state index is 12.4. The average Bonchev–Trinajstić information content (AvgIpc) is 2.73. The Kier molecular flexibility index (Phi) is 6.19. The van der Waals surface area contributed by atoms with Crippen molar-refractivity contribution in [2.45, 2.75) is 6.92 Å². The number of pyridine rings is 1. The predicted octanol–water partition coefficient (Wildman–Crippen LogP) is 4.01. The number of fused-ring (bicyclic) bond motifs is 1. The van der Waals surface area contributed by atoms with Gasteiger partial charge in [0, 0.05) is 22.2 Å². The van der Waals surface area contributed by atoms with E-state index in [9.17, 15) is 9.59 Å². The third-order valence-corrected chi connectivity index (χ3v) is 4.44. The summed E-state index contributed by atoms with van der Waals surface area (Å²) in [7, 11) is 2.81. The Morgan fingerprint density at radius 2 is 1.90 bits per heavy atom. The Hall–Kier alpha value is -3.32. The Morgan fingerprint density at radius 3 is 2.62 bits per heavy atom. The minimum absolute atomic E-state index is 0.0752. The number of aromatic nitrogens is 1. The monoisotopic (exact) mass is 414 g/mol. The molecule has 2 aromatic carbocycles. The number of carbonyl (C=O) groups excluding carboxylic acids is 2. The number of carbonyl (C=O) groups is 2. The van der Waals surface area contributed by atoms with Gasteiger partial charge in [0.25, 0.3) is 5.91 Å². The summed E-state index contributed by atoms with van der Waals surface area (Å²) < 4.78 is 15.7. The minimum Gasteiger partial charge on any atom is -0.497 e. The highest BCUT2D eigenvalue weighted by atomic mass is 35.5. The van der Waals surface area contributed by atoms with Crippen LogP contribution in [0.25, 0.3) is 10.9 Å². The first-order chi connectivity index (χ1) is 13.9. The summed E-state index contributed by atoms with van der Waals surface area (Å²) in [5.41, 5.74) is 2.05. The molecule has 0 bridgehead atoms. The number of anilines is 1. The molecule has 8 heteroatoms. The fourth-order valence-electron chi connectivity index (χ4n) is 2.69. The number of methoxy groups -OCH3 is 2. The largest absolute Gasteiger partial charge is 0.497 e. The Balaban J connectivity index is 1.86. The number of hydrogen-bond acceptors (Lipinski definition) is 6. The second kappa shape index (κ2) is 8.79. The lowest BCUT2D eigenvalue weighted by molar-refractivity contribution is -0.118. The number of nitrogens with one attached hydrogen (secondary N) is 1. The number of nitrogens with zero attached hydrogens (tertiary/aromatic N) is 1. The number of hydrogen-bond donors (Lipinski definition) is 1. The SMILES string of the molecule is COC(=O)c1cc(OCC(=O)Nc2cc(Cl)ccc2C)c2cc(OC)ccc2n1. The summed E-state index contributed by atoms with van der Waals surface area (Å²) >= 11 is 5.98. The summed E-state index contributed by atoms with van der Waals surface area (Å²) in [5.74, 6) is -0.0735. The van der Waals surface area contributed by atoms with E-state index in [4.69, 9.17) is 25.8 Å². The number of aryl methyl sites for hydroxylation is 1. The minimum atomic E-state index is -0.605. The van der Waals surface area contributed by atoms with E-state index in [0.717, 1.165) is 5.56 Å². The highest BCUT2D eigenvalue weighted by Crippen LogP contribution is 2.29. The molecule has 0 aliphatic heterocycles. The average molecular weight is 415 g/mol. The zero-order valence-electron chi connectivity index (χ0n) is 16.1. The molecule has 150 valence electrons. The van der Waals surface area contributed by atoms with Gasteiger partial charge in [-0.1, -0.05) is 17.7 Å². The number of ether oxygens (including phenoxy) is 3. The van der Waals surface area contributed by atoms with Crippen LogP contribution in [0.2, 0.25) is 5.02 Å². The molecule has 3 rings (SSSR count). The van der Waals surface area contributed by atoms with Gasteiger partial charge in [0.15, 0.2) is 12.3 Å². The van der Waals surface area contributed by atoms with Crippen LogP contribution in [0.15, 0.2) is 42.5 Å². The van der Waals surface area contributed by atoms with E-state index in [1.165, 1.54) is 13.2 Å². The molecule has 1 aromatic heterocycles. The van der Waals surface area contributed by atoms with E-state index in [-0.39, 0.29) is 18.2 Å². The van der Waals surface area contributed by atoms with Crippen LogP contribution in [0.4, 0.5) is 5.69 Å². The van der Waals surface area contributed by atoms with Crippen LogP contribution in [0.5, 0.6) is 11.5 Å². The number of esters is 1. The van der Waals surface area contributed by atoms with Crippen molar-refractivity contribution in [2.24, 2.45) is 0 Å². The van der Waals surface area contributed by atoms with Crippen LogP contribution < -0.4 is 14.8 Å². The number of halogens is 1. The molecule has 0 saturated carbocycles. The Morgan fingerprint density at radius 1 is 1.10 bits per heavy atom. The summed E-state index contributed by atoms with van der Waals surface area (Å²) in [4.78, 5) is 28.6. The van der Waals surface area contributed by atoms with Gasteiger partial charge in [-0.25, -0.2) is 9.78 Å². The molecule has 0 aliphatic rings. The van der Waals surface area contributed by atoms with E-state index in [1.807, 2.05) is 13.0 Å². The first kappa shape index (κ1) is 20.4. The van der Waals surface area contributed by atoms with Crippen LogP contribution in [0, 0.1) is 6.92 Å². The number of benzene rings is 2. The van der Waals surface area contributed by atoms with Gasteiger partial charge in [-0.15, -0.1) is 0 Å². The lowest BCUT2D eigenvalue weighted by atomic mass is 10.1. The molecule has 0 radical (unpaired) electrons. The van der Waals surface area contributed by atoms with Gasteiger partial charge >= 0.3 is 5.97 Å². The van der Waals surface area contributed by atoms with E-state index in [2.05, 4.69) is 10.3 Å². The number of amides is 1. The summed E-state index contributed by atoms with van der Waals surface area (Å²) in [5, 5.41) is 3.88. The second-order valence-electron chi connectivity index (χ2n) is 6.18. The Labute approximate surface area is 172 Å². The molecule has 3 aromatic rings. The topological polar surface area (TPSA) is 86.8 Å². The third kappa shape index (κ3) is 4.75. The molecule has 0 spiro atoms. The van der Waals surface area contributed by atoms with Gasteiger partial charge in [0.05, 0.1) is 19.7 Å². The van der Waals surface area contributed by atoms with Gasteiger partial charge in [-0.05, 0) is 42.8 Å². The molecule has 7 nitrogen and oxygen atoms in total. The molecule has 0 atom stereocenters. The van der Waals surface area contributed by atoms with Gasteiger partial charge in [0.2, 0.25) is 0 Å². The first-order valence-electron chi connectivity index (χ1n) is 8.67. The van der Waals surface area contributed by atoms with Crippen molar-refractivity contribution in [1.82, 2.24) is 4.98 Å². The van der Waals surface area contributed by atoms with Crippen LogP contribution in [0.3, 0.4) is 0 Å². The second-order valence-corrected chi connectivity index (χ2v) is 6.61. The van der Waals surface area contributed by atoms with Crippen LogP contribution in [-0.2, 0) is 9.53 Å². The molecule has 1 heterocycles. The van der Waals surface area contributed by atoms with Crippen molar-refractivity contribution in [3.63, 3.8) is 0 Å². The zero-order chi connectivity index (χ0) is 21.0. The third-order valence-electron chi connectivity index (χ3n) is 4.20. The number of rotatable bonds is 6. The summed E-state index contributed by atoms with van der Waals surface area (Å²) in [6.07, 6.45) is 0. The van der Waals surface area contributed by atoms with Gasteiger partial charge in [-0.2, -0.15) is 0 Å². The normalized spacial score (nSPS) is 10.5. The molecule has 1 amide bonds. The van der Waals surface area contributed by atoms with E-state index in [0.29, 0.717) is 33.1 Å². The molecule has 0 fully saturated rings. The van der Waals surface area contributed by atoms with Crippen molar-refractivity contribution < 1.29 is 23.8 Å². The summed E-state index contributed by atoms with van der Waals surface area (Å²) in [6.45, 7) is 1.58. The zero-order valence-corrected chi connectivity index (χ0v) is 16.9. The molecule has 0 unspecified atom stereocenters. The highest BCUT2D eigenvalue weighted by Gasteiger charge is 2.15. The predicted molar refractivity (Wildman–Crippen MR) is 110 cm³/mol. The standard InChI is InChI=1S/C21H19ClN2O5/c1-12-4-5-13(22)8-17(12)24-20(25)11-29-19-10-18(21(26)28-3)23-16-7-6-14(27-2)9-15(16)19/h4-10H,11H2,1-3H3,(H,24,25). The molecule has 29 heavy (non-hydrogen) atoms. The van der Waals surface area contributed by atoms with Crippen molar-refractivity contribution in [1.29, 1.82) is 0 Å². The quantitative estimate of drug-likeness (QED) is 0.613. The van der Waals surface area contributed by atoms with Gasteiger partial charge < -0.3 is 19.5 Å². The van der Waals surface area contributed by atoms with Crippen LogP contribution in [-0.4, -0.2) is 37.7 Å². The van der Waals surface area contributed by atoms with Crippen molar-refractivity contribution >= 4 is 40.1 Å². The molecular weight excluding hydrogens is 396 g/mol. The lowest BCUT2D eigenvalue weighted by Crippen LogP contribution is -2.21. The van der Waals surface area contributed by atoms with Crippen molar-refractivity contribution in [3.05, 3.63) is 58.7 Å². The first-order valence-corrected chi connectivity index (χ1v) is 9.05. The molecule has 0 saturated heterocycles. The maximum atomic E-state index is 12.4. The van der Waals surface area contributed by atoms with Crippen molar-refractivity contribution in [3.8, 4) is 11.5 Å². The van der Waals surface area contributed by atoms with E-state index < -0.39 is 5.97 Å².